The van der Waals surface area contributed by atoms with Crippen LogP contribution in [0.3, 0.4) is 0 Å². The van der Waals surface area contributed by atoms with E-state index in [1.165, 1.54) is 5.56 Å². The van der Waals surface area contributed by atoms with Gasteiger partial charge < -0.3 is 19.3 Å². The summed E-state index contributed by atoms with van der Waals surface area (Å²) in [6.45, 7) is 6.87. The molecule has 4 nitrogen and oxygen atoms in total. The SMILES string of the molecule is CC(C)(C)c1ccc(O[C@H]2C=C[C@@H](OCc3ccccc3)[C@H](CO)O2)cc1. The van der Waals surface area contributed by atoms with E-state index in [9.17, 15) is 5.11 Å². The average Bonchev–Trinajstić information content (AvgIpc) is 2.67. The van der Waals surface area contributed by atoms with E-state index in [-0.39, 0.29) is 18.1 Å². The maximum absolute atomic E-state index is 9.67. The first-order valence-corrected chi connectivity index (χ1v) is 9.33. The van der Waals surface area contributed by atoms with E-state index in [2.05, 4.69) is 32.9 Å². The van der Waals surface area contributed by atoms with Crippen LogP contribution < -0.4 is 4.74 Å². The fraction of sp³-hybridized carbons (Fsp3) is 0.391. The van der Waals surface area contributed by atoms with Crippen LogP contribution in [0.1, 0.15) is 31.9 Å². The van der Waals surface area contributed by atoms with Crippen molar-refractivity contribution in [3.8, 4) is 5.75 Å². The summed E-state index contributed by atoms with van der Waals surface area (Å²) < 4.78 is 17.6. The van der Waals surface area contributed by atoms with Gasteiger partial charge in [0.25, 0.3) is 0 Å². The molecule has 0 radical (unpaired) electrons. The van der Waals surface area contributed by atoms with Crippen LogP contribution in [0.25, 0.3) is 0 Å². The van der Waals surface area contributed by atoms with E-state index in [0.29, 0.717) is 6.61 Å². The monoisotopic (exact) mass is 368 g/mol. The summed E-state index contributed by atoms with van der Waals surface area (Å²) in [6, 6.07) is 18.0. The van der Waals surface area contributed by atoms with Crippen molar-refractivity contribution in [3.05, 3.63) is 77.9 Å². The largest absolute Gasteiger partial charge is 0.461 e. The van der Waals surface area contributed by atoms with E-state index in [1.807, 2.05) is 54.6 Å². The summed E-state index contributed by atoms with van der Waals surface area (Å²) >= 11 is 0. The summed E-state index contributed by atoms with van der Waals surface area (Å²) in [6.07, 6.45) is 2.43. The molecule has 0 spiro atoms. The highest BCUT2D eigenvalue weighted by Gasteiger charge is 2.28. The molecule has 144 valence electrons. The topological polar surface area (TPSA) is 47.9 Å². The molecule has 0 unspecified atom stereocenters. The molecule has 1 heterocycles. The molecule has 1 aliphatic heterocycles. The number of aliphatic hydroxyl groups is 1. The maximum atomic E-state index is 9.67. The van der Waals surface area contributed by atoms with Gasteiger partial charge in [0.05, 0.1) is 13.2 Å². The molecule has 1 N–H and O–H groups in total. The minimum absolute atomic E-state index is 0.102. The molecule has 4 heteroatoms. The predicted molar refractivity (Wildman–Crippen MR) is 106 cm³/mol. The summed E-state index contributed by atoms with van der Waals surface area (Å²) in [4.78, 5) is 0. The van der Waals surface area contributed by atoms with Crippen LogP contribution in [0.15, 0.2) is 66.7 Å². The van der Waals surface area contributed by atoms with Gasteiger partial charge in [0.2, 0.25) is 6.29 Å². The Kier molecular flexibility index (Phi) is 6.32. The molecule has 0 amide bonds. The summed E-state index contributed by atoms with van der Waals surface area (Å²) in [5.74, 6) is 0.734. The number of rotatable bonds is 6. The number of hydrogen-bond acceptors (Lipinski definition) is 4. The minimum Gasteiger partial charge on any atom is -0.461 e. The van der Waals surface area contributed by atoms with Gasteiger partial charge >= 0.3 is 0 Å². The molecule has 0 saturated carbocycles. The van der Waals surface area contributed by atoms with Crippen molar-refractivity contribution in [1.29, 1.82) is 0 Å². The Morgan fingerprint density at radius 2 is 1.67 bits per heavy atom. The number of aliphatic hydroxyl groups excluding tert-OH is 1. The molecule has 0 saturated heterocycles. The van der Waals surface area contributed by atoms with Gasteiger partial charge in [-0.05, 0) is 34.8 Å². The molecule has 3 rings (SSSR count). The summed E-state index contributed by atoms with van der Waals surface area (Å²) in [5, 5.41) is 9.67. The highest BCUT2D eigenvalue weighted by Crippen LogP contribution is 2.26. The van der Waals surface area contributed by atoms with Crippen molar-refractivity contribution >= 4 is 0 Å². The van der Waals surface area contributed by atoms with E-state index in [1.54, 1.807) is 0 Å². The highest BCUT2D eigenvalue weighted by atomic mass is 16.7. The smallest absolute Gasteiger partial charge is 0.220 e. The second-order valence-corrected chi connectivity index (χ2v) is 7.76. The second kappa shape index (κ2) is 8.70. The van der Waals surface area contributed by atoms with E-state index in [4.69, 9.17) is 14.2 Å². The van der Waals surface area contributed by atoms with Crippen LogP contribution in [0.4, 0.5) is 0 Å². The van der Waals surface area contributed by atoms with Crippen LogP contribution in [0.5, 0.6) is 5.75 Å². The Bertz CT molecular complexity index is 731. The first kappa shape index (κ1) is 19.6. The van der Waals surface area contributed by atoms with Crippen molar-refractivity contribution in [2.75, 3.05) is 6.61 Å². The lowest BCUT2D eigenvalue weighted by atomic mass is 9.87. The molecule has 0 bridgehead atoms. The first-order valence-electron chi connectivity index (χ1n) is 9.33. The zero-order valence-corrected chi connectivity index (χ0v) is 16.2. The lowest BCUT2D eigenvalue weighted by molar-refractivity contribution is -0.157. The Labute approximate surface area is 161 Å². The van der Waals surface area contributed by atoms with Crippen LogP contribution >= 0.6 is 0 Å². The molecular formula is C23H28O4. The van der Waals surface area contributed by atoms with Gasteiger partial charge in [0, 0.05) is 0 Å². The van der Waals surface area contributed by atoms with Crippen molar-refractivity contribution in [2.45, 2.75) is 51.3 Å². The van der Waals surface area contributed by atoms with Gasteiger partial charge in [0.15, 0.2) is 0 Å². The highest BCUT2D eigenvalue weighted by molar-refractivity contribution is 5.31. The average molecular weight is 368 g/mol. The van der Waals surface area contributed by atoms with Gasteiger partial charge in [-0.25, -0.2) is 0 Å². The predicted octanol–water partition coefficient (Wildman–Crippen LogP) is 4.22. The lowest BCUT2D eigenvalue weighted by Gasteiger charge is -2.31. The fourth-order valence-electron chi connectivity index (χ4n) is 2.93. The Morgan fingerprint density at radius 3 is 2.30 bits per heavy atom. The standard InChI is InChI=1S/C23H28O4/c1-23(2,3)18-9-11-19(12-10-18)26-22-14-13-20(21(15-24)27-22)25-16-17-7-5-4-6-8-17/h4-14,20-22,24H,15-16H2,1-3H3/t20-,21+,22-/m1/s1. The van der Waals surface area contributed by atoms with Crippen molar-refractivity contribution in [1.82, 2.24) is 0 Å². The van der Waals surface area contributed by atoms with Gasteiger partial charge in [-0.15, -0.1) is 0 Å². The van der Waals surface area contributed by atoms with E-state index >= 15 is 0 Å². The summed E-state index contributed by atoms with van der Waals surface area (Å²) in [7, 11) is 0. The van der Waals surface area contributed by atoms with Gasteiger partial charge in [-0.1, -0.05) is 69.3 Å². The third kappa shape index (κ3) is 5.42. The molecule has 1 aliphatic rings. The van der Waals surface area contributed by atoms with Crippen molar-refractivity contribution in [3.63, 3.8) is 0 Å². The molecule has 27 heavy (non-hydrogen) atoms. The van der Waals surface area contributed by atoms with Gasteiger partial charge in [-0.3, -0.25) is 0 Å². The minimum atomic E-state index is -0.542. The normalized spacial score (nSPS) is 22.6. The molecule has 2 aromatic carbocycles. The lowest BCUT2D eigenvalue weighted by Crippen LogP contribution is -2.41. The van der Waals surface area contributed by atoms with E-state index in [0.717, 1.165) is 11.3 Å². The van der Waals surface area contributed by atoms with Crippen LogP contribution in [0.2, 0.25) is 0 Å². The van der Waals surface area contributed by atoms with E-state index < -0.39 is 12.4 Å². The molecular weight excluding hydrogens is 340 g/mol. The first-order chi connectivity index (χ1) is 13.0. The zero-order valence-electron chi connectivity index (χ0n) is 16.2. The van der Waals surface area contributed by atoms with Crippen LogP contribution in [0, 0.1) is 0 Å². The second-order valence-electron chi connectivity index (χ2n) is 7.76. The number of benzene rings is 2. The van der Waals surface area contributed by atoms with Crippen molar-refractivity contribution in [2.24, 2.45) is 0 Å². The third-order valence-corrected chi connectivity index (χ3v) is 4.57. The third-order valence-electron chi connectivity index (χ3n) is 4.57. The fourth-order valence-corrected chi connectivity index (χ4v) is 2.93. The number of hydrogen-bond donors (Lipinski definition) is 1. The maximum Gasteiger partial charge on any atom is 0.220 e. The molecule has 3 atom stereocenters. The zero-order chi connectivity index (χ0) is 19.3. The summed E-state index contributed by atoms with van der Waals surface area (Å²) in [5.41, 5.74) is 2.43. The molecule has 0 aromatic heterocycles. The quantitative estimate of drug-likeness (QED) is 0.776. The molecule has 0 fully saturated rings. The molecule has 2 aromatic rings. The Hall–Kier alpha value is -2.14. The van der Waals surface area contributed by atoms with Gasteiger partial charge in [-0.2, -0.15) is 0 Å². The molecule has 0 aliphatic carbocycles. The van der Waals surface area contributed by atoms with Gasteiger partial charge in [0.1, 0.15) is 18.0 Å². The number of ether oxygens (including phenoxy) is 3. The van der Waals surface area contributed by atoms with Crippen LogP contribution in [-0.2, 0) is 21.5 Å². The van der Waals surface area contributed by atoms with Crippen molar-refractivity contribution < 1.29 is 19.3 Å². The Balaban J connectivity index is 1.59. The Morgan fingerprint density at radius 1 is 0.963 bits per heavy atom. The van der Waals surface area contributed by atoms with Crippen LogP contribution in [-0.4, -0.2) is 30.2 Å².